The maximum atomic E-state index is 14.3. The molecule has 2 amide bonds. The van der Waals surface area contributed by atoms with Crippen molar-refractivity contribution in [3.63, 3.8) is 0 Å². The number of sulfonamides is 1. The second kappa shape index (κ2) is 12.9. The van der Waals surface area contributed by atoms with E-state index in [9.17, 15) is 22.4 Å². The summed E-state index contributed by atoms with van der Waals surface area (Å²) in [4.78, 5) is 28.2. The van der Waals surface area contributed by atoms with Crippen LogP contribution in [0.25, 0.3) is 0 Å². The summed E-state index contributed by atoms with van der Waals surface area (Å²) in [5.74, 6) is -1.04. The molecule has 1 saturated carbocycles. The molecule has 3 rings (SSSR count). The van der Waals surface area contributed by atoms with Crippen LogP contribution >= 0.6 is 0 Å². The normalized spacial score (nSPS) is 14.9. The lowest BCUT2D eigenvalue weighted by molar-refractivity contribution is -0.141. The molecule has 0 unspecified atom stereocenters. The van der Waals surface area contributed by atoms with E-state index in [1.165, 1.54) is 18.2 Å². The molecule has 1 N–H and O–H groups in total. The predicted molar refractivity (Wildman–Crippen MR) is 139 cm³/mol. The van der Waals surface area contributed by atoms with Gasteiger partial charge >= 0.3 is 0 Å². The summed E-state index contributed by atoms with van der Waals surface area (Å²) in [6.45, 7) is 2.11. The van der Waals surface area contributed by atoms with Gasteiger partial charge in [-0.15, -0.1) is 0 Å². The maximum absolute atomic E-state index is 14.3. The smallest absolute Gasteiger partial charge is 0.243 e. The fourth-order valence-corrected chi connectivity index (χ4v) is 5.67. The number of para-hydroxylation sites is 1. The topological polar surface area (TPSA) is 86.8 Å². The SMILES string of the molecule is CC[C@H](C(=O)NC1CCCC1)N(Cc1ccccc1)C(=O)CCCN(c1ccccc1F)S(C)(=O)=O. The molecule has 1 fully saturated rings. The summed E-state index contributed by atoms with van der Waals surface area (Å²) < 4.78 is 40.0. The zero-order valence-electron chi connectivity index (χ0n) is 21.0. The number of hydrogen-bond donors (Lipinski definition) is 1. The molecule has 0 spiro atoms. The minimum absolute atomic E-state index is 0.0283. The monoisotopic (exact) mass is 517 g/mol. The number of hydrogen-bond acceptors (Lipinski definition) is 4. The molecular formula is C27H36FN3O4S. The fourth-order valence-electron chi connectivity index (χ4n) is 4.70. The first-order chi connectivity index (χ1) is 17.2. The van der Waals surface area contributed by atoms with Crippen molar-refractivity contribution < 1.29 is 22.4 Å². The van der Waals surface area contributed by atoms with Crippen LogP contribution in [0.15, 0.2) is 54.6 Å². The first-order valence-corrected chi connectivity index (χ1v) is 14.4. The Balaban J connectivity index is 1.74. The zero-order valence-corrected chi connectivity index (χ0v) is 21.8. The van der Waals surface area contributed by atoms with Gasteiger partial charge in [0.25, 0.3) is 0 Å². The second-order valence-electron chi connectivity index (χ2n) is 9.31. The fraction of sp³-hybridized carbons (Fsp3) is 0.481. The maximum Gasteiger partial charge on any atom is 0.243 e. The number of amides is 2. The Morgan fingerprint density at radius 2 is 1.69 bits per heavy atom. The Morgan fingerprint density at radius 3 is 2.31 bits per heavy atom. The molecular weight excluding hydrogens is 481 g/mol. The minimum Gasteiger partial charge on any atom is -0.352 e. The van der Waals surface area contributed by atoms with Gasteiger partial charge in [-0.2, -0.15) is 0 Å². The van der Waals surface area contributed by atoms with Gasteiger partial charge in [-0.05, 0) is 43.4 Å². The number of halogens is 1. The van der Waals surface area contributed by atoms with Crippen LogP contribution in [-0.2, 0) is 26.2 Å². The van der Waals surface area contributed by atoms with Crippen molar-refractivity contribution >= 4 is 27.5 Å². The van der Waals surface area contributed by atoms with E-state index in [1.807, 2.05) is 37.3 Å². The van der Waals surface area contributed by atoms with Crippen LogP contribution in [-0.4, -0.2) is 50.0 Å². The standard InChI is InChI=1S/C27H36FN3O4S/c1-3-24(27(33)29-22-14-7-8-15-22)30(20-21-12-5-4-6-13-21)26(32)18-11-19-31(36(2,34)35)25-17-10-9-16-23(25)28/h4-6,9-10,12-13,16-17,22,24H,3,7-8,11,14-15,18-20H2,1-2H3,(H,29,33)/t24-/m1/s1. The molecule has 1 atom stereocenters. The highest BCUT2D eigenvalue weighted by molar-refractivity contribution is 7.92. The minimum atomic E-state index is -3.75. The van der Waals surface area contributed by atoms with E-state index in [1.54, 1.807) is 11.0 Å². The van der Waals surface area contributed by atoms with Crippen molar-refractivity contribution in [1.29, 1.82) is 0 Å². The summed E-state index contributed by atoms with van der Waals surface area (Å²) in [6.07, 6.45) is 5.77. The zero-order chi connectivity index (χ0) is 26.1. The number of carbonyl (C=O) groups is 2. The summed E-state index contributed by atoms with van der Waals surface area (Å²) >= 11 is 0. The summed E-state index contributed by atoms with van der Waals surface area (Å²) in [7, 11) is -3.75. The first-order valence-electron chi connectivity index (χ1n) is 12.6. The van der Waals surface area contributed by atoms with Gasteiger partial charge in [0.1, 0.15) is 11.9 Å². The Hall–Kier alpha value is -2.94. The highest BCUT2D eigenvalue weighted by atomic mass is 32.2. The third kappa shape index (κ3) is 7.53. The molecule has 9 heteroatoms. The molecule has 0 aliphatic heterocycles. The largest absolute Gasteiger partial charge is 0.352 e. The number of benzene rings is 2. The molecule has 0 aromatic heterocycles. The van der Waals surface area contributed by atoms with Crippen LogP contribution in [0.1, 0.15) is 57.4 Å². The summed E-state index contributed by atoms with van der Waals surface area (Å²) in [6, 6.07) is 14.7. The van der Waals surface area contributed by atoms with Gasteiger partial charge < -0.3 is 10.2 Å². The van der Waals surface area contributed by atoms with Crippen molar-refractivity contribution in [3.8, 4) is 0 Å². The van der Waals surface area contributed by atoms with E-state index >= 15 is 0 Å². The molecule has 0 saturated heterocycles. The Morgan fingerprint density at radius 1 is 1.06 bits per heavy atom. The van der Waals surface area contributed by atoms with Crippen molar-refractivity contribution in [3.05, 3.63) is 66.0 Å². The number of nitrogens with zero attached hydrogens (tertiary/aromatic N) is 2. The Labute approximate surface area is 213 Å². The van der Waals surface area contributed by atoms with Gasteiger partial charge in [0.2, 0.25) is 21.8 Å². The van der Waals surface area contributed by atoms with E-state index < -0.39 is 21.9 Å². The summed E-state index contributed by atoms with van der Waals surface area (Å²) in [5.41, 5.74) is 0.859. The highest BCUT2D eigenvalue weighted by Gasteiger charge is 2.30. The van der Waals surface area contributed by atoms with E-state index in [-0.39, 0.29) is 49.5 Å². The van der Waals surface area contributed by atoms with E-state index in [0.717, 1.165) is 41.8 Å². The molecule has 0 heterocycles. The Kier molecular flexibility index (Phi) is 9.87. The molecule has 1 aliphatic rings. The number of rotatable bonds is 12. The molecule has 196 valence electrons. The lowest BCUT2D eigenvalue weighted by atomic mass is 10.1. The van der Waals surface area contributed by atoms with Crippen LogP contribution < -0.4 is 9.62 Å². The summed E-state index contributed by atoms with van der Waals surface area (Å²) in [5, 5.41) is 3.11. The van der Waals surface area contributed by atoms with E-state index in [0.29, 0.717) is 6.42 Å². The molecule has 36 heavy (non-hydrogen) atoms. The van der Waals surface area contributed by atoms with Gasteiger partial charge in [-0.25, -0.2) is 12.8 Å². The van der Waals surface area contributed by atoms with Gasteiger partial charge in [-0.1, -0.05) is 62.2 Å². The van der Waals surface area contributed by atoms with Crippen LogP contribution in [0.4, 0.5) is 10.1 Å². The second-order valence-corrected chi connectivity index (χ2v) is 11.2. The van der Waals surface area contributed by atoms with E-state index in [2.05, 4.69) is 5.32 Å². The predicted octanol–water partition coefficient (Wildman–Crippen LogP) is 4.24. The van der Waals surface area contributed by atoms with Gasteiger partial charge in [-0.3, -0.25) is 13.9 Å². The lowest BCUT2D eigenvalue weighted by Crippen LogP contribution is -2.51. The average Bonchev–Trinajstić information content (AvgIpc) is 3.35. The number of carbonyl (C=O) groups excluding carboxylic acids is 2. The van der Waals surface area contributed by atoms with Crippen LogP contribution in [0, 0.1) is 5.82 Å². The van der Waals surface area contributed by atoms with Crippen molar-refractivity contribution in [2.45, 2.75) is 70.5 Å². The van der Waals surface area contributed by atoms with Crippen LogP contribution in [0.3, 0.4) is 0 Å². The molecule has 2 aromatic rings. The molecule has 1 aliphatic carbocycles. The first kappa shape index (κ1) is 27.6. The molecule has 2 aromatic carbocycles. The van der Waals surface area contributed by atoms with Crippen molar-refractivity contribution in [2.75, 3.05) is 17.1 Å². The molecule has 0 radical (unpaired) electrons. The van der Waals surface area contributed by atoms with Crippen molar-refractivity contribution in [1.82, 2.24) is 10.2 Å². The van der Waals surface area contributed by atoms with E-state index in [4.69, 9.17) is 0 Å². The van der Waals surface area contributed by atoms with Gasteiger partial charge in [0.05, 0.1) is 11.9 Å². The lowest BCUT2D eigenvalue weighted by Gasteiger charge is -2.32. The third-order valence-corrected chi connectivity index (χ3v) is 7.74. The molecule has 0 bridgehead atoms. The number of nitrogens with one attached hydrogen (secondary N) is 1. The van der Waals surface area contributed by atoms with Crippen LogP contribution in [0.2, 0.25) is 0 Å². The highest BCUT2D eigenvalue weighted by Crippen LogP contribution is 2.23. The Bertz CT molecular complexity index is 1120. The van der Waals surface area contributed by atoms with Gasteiger partial charge in [0, 0.05) is 25.6 Å². The number of anilines is 1. The quantitative estimate of drug-likeness (QED) is 0.456. The van der Waals surface area contributed by atoms with Crippen molar-refractivity contribution in [2.24, 2.45) is 0 Å². The third-order valence-electron chi connectivity index (χ3n) is 6.56. The molecule has 7 nitrogen and oxygen atoms in total. The van der Waals surface area contributed by atoms with Gasteiger partial charge in [0.15, 0.2) is 0 Å². The van der Waals surface area contributed by atoms with Crippen LogP contribution in [0.5, 0.6) is 0 Å². The average molecular weight is 518 g/mol.